The molecule has 106 valence electrons. The molecule has 0 aliphatic carbocycles. The molecule has 1 aromatic carbocycles. The fraction of sp³-hybridized carbons (Fsp3) is 0.214. The van der Waals surface area contributed by atoms with Gasteiger partial charge < -0.3 is 15.8 Å². The number of ether oxygens (including phenoxy) is 1. The predicted octanol–water partition coefficient (Wildman–Crippen LogP) is 2.74. The summed E-state index contributed by atoms with van der Waals surface area (Å²) in [7, 11) is 0. The van der Waals surface area contributed by atoms with Gasteiger partial charge in [0.1, 0.15) is 12.4 Å². The summed E-state index contributed by atoms with van der Waals surface area (Å²) in [5.41, 5.74) is 6.37. The quantitative estimate of drug-likeness (QED) is 0.826. The highest BCUT2D eigenvalue weighted by Gasteiger charge is 2.08. The van der Waals surface area contributed by atoms with Gasteiger partial charge in [-0.15, -0.1) is 0 Å². The molecule has 0 atom stereocenters. The molecule has 0 bridgehead atoms. The zero-order chi connectivity index (χ0) is 14.5. The third-order valence-electron chi connectivity index (χ3n) is 2.61. The topological polar surface area (TPSA) is 60.2 Å². The van der Waals surface area contributed by atoms with Crippen LogP contribution in [0.2, 0.25) is 0 Å². The van der Waals surface area contributed by atoms with Crippen LogP contribution in [-0.2, 0) is 0 Å². The van der Waals surface area contributed by atoms with Gasteiger partial charge >= 0.3 is 0 Å². The van der Waals surface area contributed by atoms with Crippen molar-refractivity contribution >= 4 is 11.6 Å². The van der Waals surface area contributed by atoms with Gasteiger partial charge in [0.05, 0.1) is 6.54 Å². The number of rotatable bonds is 5. The minimum atomic E-state index is -0.871. The molecule has 3 N–H and O–H groups in total. The molecular formula is C14H15F2N3O. The van der Waals surface area contributed by atoms with Crippen LogP contribution < -0.4 is 15.8 Å². The number of halogens is 2. The van der Waals surface area contributed by atoms with Gasteiger partial charge in [0.2, 0.25) is 0 Å². The number of pyridine rings is 1. The number of nitrogens with two attached hydrogens (primary N) is 1. The van der Waals surface area contributed by atoms with Crippen molar-refractivity contribution in [1.82, 2.24) is 4.98 Å². The third-order valence-corrected chi connectivity index (χ3v) is 2.61. The summed E-state index contributed by atoms with van der Waals surface area (Å²) in [6, 6.07) is 8.29. The SMILES string of the molecule is Cc1cccc(OCCNc2nc(N)c(F)cc2F)c1. The average molecular weight is 279 g/mol. The van der Waals surface area contributed by atoms with Crippen LogP contribution in [0.25, 0.3) is 0 Å². The molecule has 6 heteroatoms. The monoisotopic (exact) mass is 279 g/mol. The Morgan fingerprint density at radius 2 is 2.05 bits per heavy atom. The lowest BCUT2D eigenvalue weighted by Crippen LogP contribution is -2.14. The highest BCUT2D eigenvalue weighted by atomic mass is 19.1. The Morgan fingerprint density at radius 3 is 2.80 bits per heavy atom. The van der Waals surface area contributed by atoms with Gasteiger partial charge in [0.25, 0.3) is 0 Å². The van der Waals surface area contributed by atoms with E-state index in [1.807, 2.05) is 31.2 Å². The maximum atomic E-state index is 13.4. The van der Waals surface area contributed by atoms with E-state index >= 15 is 0 Å². The van der Waals surface area contributed by atoms with Crippen LogP contribution in [0.4, 0.5) is 20.4 Å². The van der Waals surface area contributed by atoms with Crippen molar-refractivity contribution < 1.29 is 13.5 Å². The van der Waals surface area contributed by atoms with E-state index in [0.717, 1.165) is 11.3 Å². The molecule has 4 nitrogen and oxygen atoms in total. The van der Waals surface area contributed by atoms with Gasteiger partial charge in [0.15, 0.2) is 23.3 Å². The van der Waals surface area contributed by atoms with Crippen molar-refractivity contribution in [2.45, 2.75) is 6.92 Å². The Hall–Kier alpha value is -2.37. The summed E-state index contributed by atoms with van der Waals surface area (Å²) in [5.74, 6) is -1.35. The lowest BCUT2D eigenvalue weighted by Gasteiger charge is -2.09. The number of aromatic nitrogens is 1. The van der Waals surface area contributed by atoms with Crippen LogP contribution in [0.1, 0.15) is 5.56 Å². The predicted molar refractivity (Wildman–Crippen MR) is 73.7 cm³/mol. The first-order valence-electron chi connectivity index (χ1n) is 6.11. The van der Waals surface area contributed by atoms with Gasteiger partial charge in [-0.1, -0.05) is 12.1 Å². The van der Waals surface area contributed by atoms with Crippen LogP contribution in [0, 0.1) is 18.6 Å². The number of nitrogens with one attached hydrogen (secondary N) is 1. The second kappa shape index (κ2) is 6.18. The molecule has 1 aromatic heterocycles. The number of aryl methyl sites for hydroxylation is 1. The molecule has 0 spiro atoms. The molecule has 0 saturated heterocycles. The number of hydrogen-bond acceptors (Lipinski definition) is 4. The smallest absolute Gasteiger partial charge is 0.168 e. The first-order chi connectivity index (χ1) is 9.56. The summed E-state index contributed by atoms with van der Waals surface area (Å²) >= 11 is 0. The molecule has 0 fully saturated rings. The molecule has 0 saturated carbocycles. The normalized spacial score (nSPS) is 10.3. The molecule has 2 rings (SSSR count). The molecular weight excluding hydrogens is 264 g/mol. The molecule has 0 radical (unpaired) electrons. The first-order valence-corrected chi connectivity index (χ1v) is 6.11. The van der Waals surface area contributed by atoms with Gasteiger partial charge in [-0.25, -0.2) is 13.8 Å². The second-order valence-corrected chi connectivity index (χ2v) is 4.28. The van der Waals surface area contributed by atoms with E-state index in [0.29, 0.717) is 19.2 Å². The Labute approximate surface area is 115 Å². The van der Waals surface area contributed by atoms with E-state index in [-0.39, 0.29) is 11.6 Å². The summed E-state index contributed by atoms with van der Waals surface area (Å²) in [4.78, 5) is 3.59. The highest BCUT2D eigenvalue weighted by Crippen LogP contribution is 2.16. The van der Waals surface area contributed by atoms with Crippen molar-refractivity contribution in [3.05, 3.63) is 47.5 Å². The summed E-state index contributed by atoms with van der Waals surface area (Å²) in [6.45, 7) is 2.61. The Balaban J connectivity index is 1.86. The highest BCUT2D eigenvalue weighted by molar-refractivity contribution is 5.44. The van der Waals surface area contributed by atoms with E-state index in [4.69, 9.17) is 10.5 Å². The molecule has 0 aliphatic rings. The van der Waals surface area contributed by atoms with Crippen molar-refractivity contribution in [2.24, 2.45) is 0 Å². The first kappa shape index (κ1) is 14.0. The standard InChI is InChI=1S/C14H15F2N3O/c1-9-3-2-4-10(7-9)20-6-5-18-14-12(16)8-11(15)13(17)19-14/h2-4,7-8H,5-6H2,1H3,(H3,17,18,19). The van der Waals surface area contributed by atoms with Crippen molar-refractivity contribution in [3.8, 4) is 5.75 Å². The Kier molecular flexibility index (Phi) is 4.34. The van der Waals surface area contributed by atoms with Crippen LogP contribution in [0.15, 0.2) is 30.3 Å². The number of hydrogen-bond donors (Lipinski definition) is 2. The number of nitrogen functional groups attached to an aromatic ring is 1. The van der Waals surface area contributed by atoms with Crippen molar-refractivity contribution in [1.29, 1.82) is 0 Å². The largest absolute Gasteiger partial charge is 0.492 e. The second-order valence-electron chi connectivity index (χ2n) is 4.28. The lowest BCUT2D eigenvalue weighted by molar-refractivity contribution is 0.332. The maximum Gasteiger partial charge on any atom is 0.168 e. The van der Waals surface area contributed by atoms with E-state index in [1.54, 1.807) is 0 Å². The van der Waals surface area contributed by atoms with E-state index < -0.39 is 11.6 Å². The van der Waals surface area contributed by atoms with Gasteiger partial charge in [-0.2, -0.15) is 0 Å². The fourth-order valence-corrected chi connectivity index (χ4v) is 1.65. The summed E-state index contributed by atoms with van der Waals surface area (Å²) in [6.07, 6.45) is 0. The number of benzene rings is 1. The van der Waals surface area contributed by atoms with Crippen molar-refractivity contribution in [3.63, 3.8) is 0 Å². The van der Waals surface area contributed by atoms with Crippen LogP contribution in [-0.4, -0.2) is 18.1 Å². The van der Waals surface area contributed by atoms with Crippen LogP contribution in [0.3, 0.4) is 0 Å². The van der Waals surface area contributed by atoms with Crippen molar-refractivity contribution in [2.75, 3.05) is 24.2 Å². The van der Waals surface area contributed by atoms with E-state index in [2.05, 4.69) is 10.3 Å². The third kappa shape index (κ3) is 3.57. The zero-order valence-corrected chi connectivity index (χ0v) is 11.0. The van der Waals surface area contributed by atoms with Gasteiger partial charge in [-0.3, -0.25) is 0 Å². The minimum absolute atomic E-state index is 0.0863. The lowest BCUT2D eigenvalue weighted by atomic mass is 10.2. The molecule has 0 unspecified atom stereocenters. The molecule has 1 heterocycles. The van der Waals surface area contributed by atoms with E-state index in [1.165, 1.54) is 0 Å². The summed E-state index contributed by atoms with van der Waals surface area (Å²) < 4.78 is 31.8. The molecule has 0 aliphatic heterocycles. The Morgan fingerprint density at radius 1 is 1.25 bits per heavy atom. The average Bonchev–Trinajstić information content (AvgIpc) is 2.40. The number of anilines is 2. The molecule has 0 amide bonds. The molecule has 2 aromatic rings. The number of nitrogens with zero attached hydrogens (tertiary/aromatic N) is 1. The van der Waals surface area contributed by atoms with E-state index in [9.17, 15) is 8.78 Å². The maximum absolute atomic E-state index is 13.4. The zero-order valence-electron chi connectivity index (χ0n) is 11.0. The molecule has 20 heavy (non-hydrogen) atoms. The minimum Gasteiger partial charge on any atom is -0.492 e. The Bertz CT molecular complexity index is 605. The fourth-order valence-electron chi connectivity index (χ4n) is 1.65. The van der Waals surface area contributed by atoms with Crippen LogP contribution >= 0.6 is 0 Å². The summed E-state index contributed by atoms with van der Waals surface area (Å²) in [5, 5.41) is 2.71. The van der Waals surface area contributed by atoms with Gasteiger partial charge in [-0.05, 0) is 24.6 Å². The van der Waals surface area contributed by atoms with Crippen LogP contribution in [0.5, 0.6) is 5.75 Å². The van der Waals surface area contributed by atoms with Gasteiger partial charge in [0, 0.05) is 6.07 Å².